The molecule has 0 radical (unpaired) electrons. The van der Waals surface area contributed by atoms with Crippen LogP contribution < -0.4 is 10.2 Å². The number of pyridine rings is 1. The van der Waals surface area contributed by atoms with Gasteiger partial charge in [-0.1, -0.05) is 6.07 Å². The van der Waals surface area contributed by atoms with Gasteiger partial charge in [-0.2, -0.15) is 0 Å². The number of hydrogen-bond donors (Lipinski definition) is 1. The Balaban J connectivity index is 0.00000140. The summed E-state index contributed by atoms with van der Waals surface area (Å²) in [6.45, 7) is 9.32. The molecule has 0 spiro atoms. The summed E-state index contributed by atoms with van der Waals surface area (Å²) in [5, 5.41) is 3.49. The van der Waals surface area contributed by atoms with Crippen LogP contribution in [0.25, 0.3) is 0 Å². The molecular weight excluding hydrogens is 395 g/mol. The van der Waals surface area contributed by atoms with Gasteiger partial charge in [-0.05, 0) is 37.9 Å². The van der Waals surface area contributed by atoms with E-state index in [1.54, 1.807) is 0 Å². The first-order chi connectivity index (χ1) is 12.8. The van der Waals surface area contributed by atoms with E-state index in [2.05, 4.69) is 26.2 Å². The molecule has 2 aliphatic heterocycles. The maximum Gasteiger partial charge on any atom is 0.135 e. The number of halogens is 2. The Morgan fingerprint density at radius 3 is 2.71 bits per heavy atom. The lowest BCUT2D eigenvalue weighted by molar-refractivity contribution is 0.285. The molecule has 1 fully saturated rings. The molecule has 0 unspecified atom stereocenters. The van der Waals surface area contributed by atoms with Gasteiger partial charge in [-0.25, -0.2) is 9.97 Å². The summed E-state index contributed by atoms with van der Waals surface area (Å²) >= 11 is 0. The van der Waals surface area contributed by atoms with Gasteiger partial charge in [0.25, 0.3) is 0 Å². The summed E-state index contributed by atoms with van der Waals surface area (Å²) in [5.74, 6) is 2.08. The molecule has 2 aromatic heterocycles. The molecular formula is C20H30Cl2N6. The van der Waals surface area contributed by atoms with Gasteiger partial charge in [0.2, 0.25) is 0 Å². The van der Waals surface area contributed by atoms with Crippen molar-refractivity contribution < 1.29 is 0 Å². The van der Waals surface area contributed by atoms with Crippen LogP contribution >= 0.6 is 24.8 Å². The van der Waals surface area contributed by atoms with Crippen molar-refractivity contribution in [1.29, 1.82) is 0 Å². The zero-order valence-electron chi connectivity index (χ0n) is 16.4. The van der Waals surface area contributed by atoms with E-state index >= 15 is 0 Å². The Bertz CT molecular complexity index is 743. The van der Waals surface area contributed by atoms with E-state index in [0.29, 0.717) is 0 Å². The summed E-state index contributed by atoms with van der Waals surface area (Å²) in [6, 6.07) is 4.18. The first-order valence-electron chi connectivity index (χ1n) is 9.73. The molecule has 0 bridgehead atoms. The highest BCUT2D eigenvalue weighted by atomic mass is 35.5. The van der Waals surface area contributed by atoms with Crippen LogP contribution in [0.1, 0.15) is 29.1 Å². The molecule has 1 N–H and O–H groups in total. The van der Waals surface area contributed by atoms with Crippen LogP contribution in [0.3, 0.4) is 0 Å². The lowest BCUT2D eigenvalue weighted by Gasteiger charge is -2.26. The Morgan fingerprint density at radius 2 is 1.89 bits per heavy atom. The largest absolute Gasteiger partial charge is 0.355 e. The van der Waals surface area contributed by atoms with E-state index in [4.69, 9.17) is 9.97 Å². The van der Waals surface area contributed by atoms with Crippen molar-refractivity contribution in [2.24, 2.45) is 0 Å². The minimum Gasteiger partial charge on any atom is -0.355 e. The predicted molar refractivity (Wildman–Crippen MR) is 118 cm³/mol. The van der Waals surface area contributed by atoms with Gasteiger partial charge in [0, 0.05) is 63.6 Å². The topological polar surface area (TPSA) is 57.2 Å². The molecule has 0 aliphatic carbocycles. The van der Waals surface area contributed by atoms with Crippen molar-refractivity contribution in [3.8, 4) is 0 Å². The van der Waals surface area contributed by atoms with Gasteiger partial charge in [-0.15, -0.1) is 24.8 Å². The van der Waals surface area contributed by atoms with Gasteiger partial charge in [0.05, 0.1) is 5.69 Å². The molecule has 0 atom stereocenters. The van der Waals surface area contributed by atoms with E-state index < -0.39 is 0 Å². The highest BCUT2D eigenvalue weighted by molar-refractivity contribution is 5.85. The summed E-state index contributed by atoms with van der Waals surface area (Å²) < 4.78 is 0. The second-order valence-electron chi connectivity index (χ2n) is 7.25. The fourth-order valence-electron chi connectivity index (χ4n) is 4.00. The van der Waals surface area contributed by atoms with Crippen LogP contribution in [-0.2, 0) is 19.4 Å². The third kappa shape index (κ3) is 5.54. The SMILES string of the molecule is Cc1nc2c(c(N3CCCN(Cc4cccnc4)CC3)n1)CCNCC2.Cl.Cl. The minimum absolute atomic E-state index is 0. The van der Waals surface area contributed by atoms with Crippen molar-refractivity contribution in [3.63, 3.8) is 0 Å². The highest BCUT2D eigenvalue weighted by Gasteiger charge is 2.22. The van der Waals surface area contributed by atoms with Crippen LogP contribution in [-0.4, -0.2) is 59.1 Å². The first-order valence-corrected chi connectivity index (χ1v) is 9.73. The van der Waals surface area contributed by atoms with Gasteiger partial charge in [0.1, 0.15) is 11.6 Å². The number of rotatable bonds is 3. The highest BCUT2D eigenvalue weighted by Crippen LogP contribution is 2.24. The second kappa shape index (κ2) is 10.9. The van der Waals surface area contributed by atoms with Crippen LogP contribution in [0.15, 0.2) is 24.5 Å². The Hall–Kier alpha value is -1.47. The molecule has 2 aliphatic rings. The van der Waals surface area contributed by atoms with E-state index in [1.165, 1.54) is 22.6 Å². The van der Waals surface area contributed by atoms with Gasteiger partial charge < -0.3 is 10.2 Å². The second-order valence-corrected chi connectivity index (χ2v) is 7.25. The Kier molecular flexibility index (Phi) is 8.89. The number of anilines is 1. The number of nitrogens with one attached hydrogen (secondary N) is 1. The minimum atomic E-state index is 0. The Morgan fingerprint density at radius 1 is 1.04 bits per heavy atom. The molecule has 2 aromatic rings. The predicted octanol–water partition coefficient (Wildman–Crippen LogP) is 2.42. The van der Waals surface area contributed by atoms with E-state index in [9.17, 15) is 0 Å². The van der Waals surface area contributed by atoms with Crippen LogP contribution in [0.2, 0.25) is 0 Å². The molecule has 0 saturated carbocycles. The molecule has 0 aromatic carbocycles. The van der Waals surface area contributed by atoms with Gasteiger partial charge >= 0.3 is 0 Å². The normalized spacial score (nSPS) is 17.5. The van der Waals surface area contributed by atoms with Crippen molar-refractivity contribution >= 4 is 30.6 Å². The first kappa shape index (κ1) is 22.8. The average molecular weight is 425 g/mol. The Labute approximate surface area is 180 Å². The molecule has 6 nitrogen and oxygen atoms in total. The summed E-state index contributed by atoms with van der Waals surface area (Å²) in [7, 11) is 0. The average Bonchev–Trinajstić information content (AvgIpc) is 3.02. The van der Waals surface area contributed by atoms with Gasteiger partial charge in [0.15, 0.2) is 0 Å². The molecule has 154 valence electrons. The smallest absolute Gasteiger partial charge is 0.135 e. The zero-order chi connectivity index (χ0) is 17.8. The van der Waals surface area contributed by atoms with Crippen molar-refractivity contribution in [2.45, 2.75) is 32.7 Å². The number of aromatic nitrogens is 3. The number of hydrogen-bond acceptors (Lipinski definition) is 6. The van der Waals surface area contributed by atoms with Crippen LogP contribution in [0.4, 0.5) is 5.82 Å². The van der Waals surface area contributed by atoms with Crippen molar-refractivity contribution in [3.05, 3.63) is 47.2 Å². The van der Waals surface area contributed by atoms with E-state index in [1.807, 2.05) is 25.4 Å². The number of nitrogens with zero attached hydrogens (tertiary/aromatic N) is 5. The molecule has 1 saturated heterocycles. The summed E-state index contributed by atoms with van der Waals surface area (Å²) in [5.41, 5.74) is 3.90. The van der Waals surface area contributed by atoms with Crippen LogP contribution in [0, 0.1) is 6.92 Å². The molecule has 28 heavy (non-hydrogen) atoms. The third-order valence-corrected chi connectivity index (χ3v) is 5.29. The zero-order valence-corrected chi connectivity index (χ0v) is 18.1. The van der Waals surface area contributed by atoms with Gasteiger partial charge in [-0.3, -0.25) is 9.88 Å². The molecule has 4 heterocycles. The molecule has 4 rings (SSSR count). The fourth-order valence-corrected chi connectivity index (χ4v) is 4.00. The van der Waals surface area contributed by atoms with Crippen molar-refractivity contribution in [1.82, 2.24) is 25.2 Å². The summed E-state index contributed by atoms with van der Waals surface area (Å²) in [6.07, 6.45) is 7.01. The monoisotopic (exact) mass is 424 g/mol. The standard InChI is InChI=1S/C20H28N6.2ClH/c1-16-23-19-6-9-21-8-5-18(19)20(24-16)26-11-3-10-25(12-13-26)15-17-4-2-7-22-14-17;;/h2,4,7,14,21H,3,5-6,8-13,15H2,1H3;2*1H. The summed E-state index contributed by atoms with van der Waals surface area (Å²) in [4.78, 5) is 18.9. The quantitative estimate of drug-likeness (QED) is 0.816. The molecule has 8 heteroatoms. The van der Waals surface area contributed by atoms with Crippen molar-refractivity contribution in [2.75, 3.05) is 44.2 Å². The number of aryl methyl sites for hydroxylation is 1. The fraction of sp³-hybridized carbons (Fsp3) is 0.550. The third-order valence-electron chi connectivity index (χ3n) is 5.29. The maximum atomic E-state index is 4.86. The van der Waals surface area contributed by atoms with E-state index in [0.717, 1.165) is 70.9 Å². The molecule has 0 amide bonds. The van der Waals surface area contributed by atoms with Crippen LogP contribution in [0.5, 0.6) is 0 Å². The lowest BCUT2D eigenvalue weighted by Crippen LogP contribution is -2.32. The number of fused-ring (bicyclic) bond motifs is 1. The maximum absolute atomic E-state index is 4.86. The lowest BCUT2D eigenvalue weighted by atomic mass is 10.1. The van der Waals surface area contributed by atoms with E-state index in [-0.39, 0.29) is 24.8 Å².